The van der Waals surface area contributed by atoms with Crippen LogP contribution in [0.5, 0.6) is 0 Å². The molecule has 0 aliphatic rings. The molecule has 0 spiro atoms. The van der Waals surface area contributed by atoms with E-state index in [4.69, 9.17) is 9.47 Å². The van der Waals surface area contributed by atoms with E-state index < -0.39 is 34.8 Å². The maximum absolute atomic E-state index is 14.1. The van der Waals surface area contributed by atoms with Crippen LogP contribution < -0.4 is 0 Å². The lowest BCUT2D eigenvalue weighted by molar-refractivity contribution is -0.149. The second-order valence-corrected chi connectivity index (χ2v) is 7.63. The zero-order valence-corrected chi connectivity index (χ0v) is 15.9. The first-order chi connectivity index (χ1) is 11.8. The predicted molar refractivity (Wildman–Crippen MR) is 96.1 cm³/mol. The number of halogens is 2. The second kappa shape index (κ2) is 8.25. The lowest BCUT2D eigenvalue weighted by Crippen LogP contribution is -2.22. The Morgan fingerprint density at radius 3 is 1.35 bits per heavy atom. The van der Waals surface area contributed by atoms with E-state index in [0.29, 0.717) is 0 Å². The topological polar surface area (TPSA) is 52.6 Å². The molecule has 0 fully saturated rings. The summed E-state index contributed by atoms with van der Waals surface area (Å²) in [5.41, 5.74) is -1.58. The van der Waals surface area contributed by atoms with Gasteiger partial charge in [0, 0.05) is 23.3 Å². The van der Waals surface area contributed by atoms with E-state index in [9.17, 15) is 18.4 Å². The SMILES string of the molecule is CC(C)(C)OC(=O)/C=C/c1cc(F)c(/C=C/C(=O)OC(C)(C)C)cc1F. The Hall–Kier alpha value is -2.50. The minimum atomic E-state index is -0.741. The van der Waals surface area contributed by atoms with Gasteiger partial charge < -0.3 is 9.47 Å². The number of rotatable bonds is 4. The Bertz CT molecular complexity index is 672. The number of hydrogen-bond donors (Lipinski definition) is 0. The smallest absolute Gasteiger partial charge is 0.331 e. The molecular weight excluding hydrogens is 342 g/mol. The first-order valence-corrected chi connectivity index (χ1v) is 8.08. The van der Waals surface area contributed by atoms with Gasteiger partial charge in [-0.1, -0.05) is 0 Å². The van der Waals surface area contributed by atoms with Crippen molar-refractivity contribution >= 4 is 24.1 Å². The molecule has 1 aromatic rings. The fraction of sp³-hybridized carbons (Fsp3) is 0.400. The van der Waals surface area contributed by atoms with Crippen LogP contribution in [0, 0.1) is 11.6 Å². The summed E-state index contributed by atoms with van der Waals surface area (Å²) in [6.45, 7) is 10.2. The van der Waals surface area contributed by atoms with Gasteiger partial charge in [0.15, 0.2) is 0 Å². The summed E-state index contributed by atoms with van der Waals surface area (Å²) >= 11 is 0. The van der Waals surface area contributed by atoms with Crippen molar-refractivity contribution in [2.75, 3.05) is 0 Å². The summed E-state index contributed by atoms with van der Waals surface area (Å²) in [5.74, 6) is -2.80. The summed E-state index contributed by atoms with van der Waals surface area (Å²) in [5, 5.41) is 0. The molecule has 4 nitrogen and oxygen atoms in total. The first-order valence-electron chi connectivity index (χ1n) is 8.08. The van der Waals surface area contributed by atoms with Gasteiger partial charge in [0.05, 0.1) is 0 Å². The van der Waals surface area contributed by atoms with E-state index in [-0.39, 0.29) is 11.1 Å². The summed E-state index contributed by atoms with van der Waals surface area (Å²) in [6, 6.07) is 1.87. The van der Waals surface area contributed by atoms with Gasteiger partial charge in [-0.15, -0.1) is 0 Å². The van der Waals surface area contributed by atoms with E-state index in [2.05, 4.69) is 0 Å². The predicted octanol–water partition coefficient (Wildman–Crippen LogP) is 4.67. The van der Waals surface area contributed by atoms with Crippen LogP contribution in [0.2, 0.25) is 0 Å². The highest BCUT2D eigenvalue weighted by Gasteiger charge is 2.15. The van der Waals surface area contributed by atoms with Crippen LogP contribution in [-0.2, 0) is 19.1 Å². The van der Waals surface area contributed by atoms with Crippen LogP contribution in [0.1, 0.15) is 52.7 Å². The molecule has 0 bridgehead atoms. The minimum Gasteiger partial charge on any atom is -0.457 e. The first kappa shape index (κ1) is 21.5. The van der Waals surface area contributed by atoms with E-state index in [1.54, 1.807) is 41.5 Å². The maximum Gasteiger partial charge on any atom is 0.331 e. The third kappa shape index (κ3) is 8.05. The van der Waals surface area contributed by atoms with Gasteiger partial charge in [0.1, 0.15) is 22.8 Å². The highest BCUT2D eigenvalue weighted by Crippen LogP contribution is 2.18. The molecule has 0 unspecified atom stereocenters. The molecule has 1 rings (SSSR count). The monoisotopic (exact) mass is 366 g/mol. The Morgan fingerprint density at radius 2 is 1.08 bits per heavy atom. The van der Waals surface area contributed by atoms with Gasteiger partial charge in [-0.25, -0.2) is 18.4 Å². The average Bonchev–Trinajstić information content (AvgIpc) is 2.42. The molecule has 0 heterocycles. The molecule has 0 aliphatic carbocycles. The Labute approximate surface area is 152 Å². The quantitative estimate of drug-likeness (QED) is 0.574. The molecule has 0 radical (unpaired) electrons. The molecule has 0 atom stereocenters. The van der Waals surface area contributed by atoms with Crippen LogP contribution in [0.15, 0.2) is 24.3 Å². The lowest BCUT2D eigenvalue weighted by Gasteiger charge is -2.18. The molecular formula is C20H24F2O4. The van der Waals surface area contributed by atoms with Crippen molar-refractivity contribution < 1.29 is 27.8 Å². The number of ether oxygens (including phenoxy) is 2. The molecule has 0 saturated carbocycles. The van der Waals surface area contributed by atoms with Crippen LogP contribution >= 0.6 is 0 Å². The molecule has 0 amide bonds. The van der Waals surface area contributed by atoms with Crippen LogP contribution in [-0.4, -0.2) is 23.1 Å². The van der Waals surface area contributed by atoms with Crippen molar-refractivity contribution in [3.05, 3.63) is 47.0 Å². The summed E-state index contributed by atoms with van der Waals surface area (Å²) in [4.78, 5) is 23.2. The van der Waals surface area contributed by atoms with Gasteiger partial charge in [0.2, 0.25) is 0 Å². The van der Waals surface area contributed by atoms with Crippen LogP contribution in [0.25, 0.3) is 12.2 Å². The van der Waals surface area contributed by atoms with Crippen molar-refractivity contribution in [1.82, 2.24) is 0 Å². The van der Waals surface area contributed by atoms with Gasteiger partial charge in [-0.2, -0.15) is 0 Å². The summed E-state index contributed by atoms with van der Waals surface area (Å²) in [7, 11) is 0. The second-order valence-electron chi connectivity index (χ2n) is 7.63. The zero-order valence-electron chi connectivity index (χ0n) is 15.9. The van der Waals surface area contributed by atoms with E-state index in [1.165, 1.54) is 0 Å². The summed E-state index contributed by atoms with van der Waals surface area (Å²) < 4.78 is 38.3. The maximum atomic E-state index is 14.1. The van der Waals surface area contributed by atoms with E-state index in [1.807, 2.05) is 0 Å². The molecule has 0 aliphatic heterocycles. The van der Waals surface area contributed by atoms with Crippen molar-refractivity contribution in [3.63, 3.8) is 0 Å². The van der Waals surface area contributed by atoms with Crippen molar-refractivity contribution in [1.29, 1.82) is 0 Å². The number of benzene rings is 1. The van der Waals surface area contributed by atoms with Gasteiger partial charge >= 0.3 is 11.9 Å². The molecule has 0 N–H and O–H groups in total. The molecule has 0 aromatic heterocycles. The van der Waals surface area contributed by atoms with Crippen LogP contribution in [0.4, 0.5) is 8.78 Å². The molecule has 0 saturated heterocycles. The fourth-order valence-electron chi connectivity index (χ4n) is 1.82. The standard InChI is InChI=1S/C20H24F2O4/c1-19(2,3)25-17(23)9-7-13-11-16(22)14(12-15(13)21)8-10-18(24)26-20(4,5)6/h7-12H,1-6H3/b9-7+,10-8+. The van der Waals surface area contributed by atoms with Gasteiger partial charge in [0.25, 0.3) is 0 Å². The Balaban J connectivity index is 2.92. The van der Waals surface area contributed by atoms with E-state index >= 15 is 0 Å². The van der Waals surface area contributed by atoms with Crippen molar-refractivity contribution in [2.24, 2.45) is 0 Å². The normalized spacial score (nSPS) is 12.6. The fourth-order valence-corrected chi connectivity index (χ4v) is 1.82. The Morgan fingerprint density at radius 1 is 0.769 bits per heavy atom. The number of hydrogen-bond acceptors (Lipinski definition) is 4. The zero-order chi connectivity index (χ0) is 20.1. The van der Waals surface area contributed by atoms with Crippen LogP contribution in [0.3, 0.4) is 0 Å². The third-order valence-corrected chi connectivity index (χ3v) is 2.73. The highest BCUT2D eigenvalue weighted by atomic mass is 19.1. The minimum absolute atomic E-state index is 0.109. The molecule has 6 heteroatoms. The number of carbonyl (C=O) groups excluding carboxylic acids is 2. The van der Waals surface area contributed by atoms with Gasteiger partial charge in [-0.05, 0) is 65.8 Å². The van der Waals surface area contributed by atoms with Crippen molar-refractivity contribution in [3.8, 4) is 0 Å². The number of carbonyl (C=O) groups is 2. The summed E-state index contributed by atoms with van der Waals surface area (Å²) in [6.07, 6.45) is 4.32. The van der Waals surface area contributed by atoms with Gasteiger partial charge in [-0.3, -0.25) is 0 Å². The molecule has 1 aromatic carbocycles. The molecule has 142 valence electrons. The van der Waals surface area contributed by atoms with Crippen molar-refractivity contribution in [2.45, 2.75) is 52.7 Å². The molecule has 26 heavy (non-hydrogen) atoms. The highest BCUT2D eigenvalue weighted by molar-refractivity contribution is 5.88. The largest absolute Gasteiger partial charge is 0.457 e. The average molecular weight is 366 g/mol. The third-order valence-electron chi connectivity index (χ3n) is 2.73. The Kier molecular flexibility index (Phi) is 6.84. The van der Waals surface area contributed by atoms with E-state index in [0.717, 1.165) is 36.4 Å². The lowest BCUT2D eigenvalue weighted by atomic mass is 10.1. The number of esters is 2.